The largest absolute Gasteiger partial charge is 0.411 e. The van der Waals surface area contributed by atoms with Crippen molar-refractivity contribution in [3.63, 3.8) is 0 Å². The van der Waals surface area contributed by atoms with Crippen molar-refractivity contribution in [1.82, 2.24) is 25.4 Å². The van der Waals surface area contributed by atoms with Crippen molar-refractivity contribution >= 4 is 5.96 Å². The first kappa shape index (κ1) is 19.7. The van der Waals surface area contributed by atoms with Crippen LogP contribution in [0.25, 0.3) is 0 Å². The Morgan fingerprint density at radius 1 is 1.23 bits per heavy atom. The second kappa shape index (κ2) is 9.18. The summed E-state index contributed by atoms with van der Waals surface area (Å²) in [6.07, 6.45) is -2.85. The fourth-order valence-electron chi connectivity index (χ4n) is 2.16. The normalized spacial score (nSPS) is 12.3. The topological polar surface area (TPSA) is 76.4 Å². The zero-order valence-electron chi connectivity index (χ0n) is 14.5. The molecule has 1 aromatic carbocycles. The molecule has 2 aromatic rings. The lowest BCUT2D eigenvalue weighted by Gasteiger charge is -2.12. The first-order valence-electron chi connectivity index (χ1n) is 7.87. The van der Waals surface area contributed by atoms with Crippen molar-refractivity contribution in [1.29, 1.82) is 0 Å². The van der Waals surface area contributed by atoms with Gasteiger partial charge in [-0.15, -0.1) is 0 Å². The number of aromatic nitrogens is 3. The molecule has 0 radical (unpaired) electrons. The monoisotopic (exact) mass is 370 g/mol. The van der Waals surface area contributed by atoms with E-state index >= 15 is 0 Å². The SMILES string of the molecule is CN=C(NCc1cccc(COCC(F)(F)F)c1)NCc1ncnn1C. The third-order valence-corrected chi connectivity index (χ3v) is 3.43. The van der Waals surface area contributed by atoms with E-state index in [1.807, 2.05) is 6.07 Å². The average molecular weight is 370 g/mol. The molecule has 2 N–H and O–H groups in total. The molecule has 0 unspecified atom stereocenters. The molecule has 0 aliphatic carbocycles. The summed E-state index contributed by atoms with van der Waals surface area (Å²) in [5.74, 6) is 1.34. The van der Waals surface area contributed by atoms with Crippen molar-refractivity contribution in [2.75, 3.05) is 13.7 Å². The molecule has 0 saturated carbocycles. The van der Waals surface area contributed by atoms with Gasteiger partial charge in [0, 0.05) is 20.6 Å². The minimum atomic E-state index is -4.32. The molecule has 0 aliphatic rings. The summed E-state index contributed by atoms with van der Waals surface area (Å²) in [4.78, 5) is 8.23. The number of guanidine groups is 1. The minimum Gasteiger partial charge on any atom is -0.367 e. The van der Waals surface area contributed by atoms with E-state index in [0.29, 0.717) is 24.6 Å². The summed E-state index contributed by atoms with van der Waals surface area (Å²) >= 11 is 0. The molecule has 0 atom stereocenters. The van der Waals surface area contributed by atoms with Gasteiger partial charge in [0.05, 0.1) is 13.2 Å². The van der Waals surface area contributed by atoms with Gasteiger partial charge in [-0.05, 0) is 11.1 Å². The fourth-order valence-corrected chi connectivity index (χ4v) is 2.16. The zero-order valence-corrected chi connectivity index (χ0v) is 14.5. The quantitative estimate of drug-likeness (QED) is 0.574. The first-order valence-corrected chi connectivity index (χ1v) is 7.87. The first-order chi connectivity index (χ1) is 12.4. The van der Waals surface area contributed by atoms with E-state index in [1.54, 1.807) is 37.0 Å². The number of ether oxygens (including phenoxy) is 1. The van der Waals surface area contributed by atoms with Crippen LogP contribution >= 0.6 is 0 Å². The number of rotatable bonds is 7. The Morgan fingerprint density at radius 3 is 2.62 bits per heavy atom. The molecular formula is C16H21F3N6O. The fraction of sp³-hybridized carbons (Fsp3) is 0.438. The molecule has 7 nitrogen and oxygen atoms in total. The Hall–Kier alpha value is -2.62. The number of hydrogen-bond acceptors (Lipinski definition) is 4. The van der Waals surface area contributed by atoms with E-state index in [9.17, 15) is 13.2 Å². The molecule has 10 heteroatoms. The maximum atomic E-state index is 12.1. The van der Waals surface area contributed by atoms with Crippen LogP contribution in [0.1, 0.15) is 17.0 Å². The summed E-state index contributed by atoms with van der Waals surface area (Å²) in [5, 5.41) is 10.2. The van der Waals surface area contributed by atoms with Crippen molar-refractivity contribution in [2.45, 2.75) is 25.9 Å². The molecule has 0 saturated heterocycles. The van der Waals surface area contributed by atoms with Crippen LogP contribution in [0.2, 0.25) is 0 Å². The van der Waals surface area contributed by atoms with Gasteiger partial charge in [-0.3, -0.25) is 9.67 Å². The van der Waals surface area contributed by atoms with E-state index in [4.69, 9.17) is 0 Å². The number of hydrogen-bond donors (Lipinski definition) is 2. The lowest BCUT2D eigenvalue weighted by molar-refractivity contribution is -0.176. The lowest BCUT2D eigenvalue weighted by atomic mass is 10.1. The number of aliphatic imine (C=N–C) groups is 1. The van der Waals surface area contributed by atoms with Gasteiger partial charge in [-0.25, -0.2) is 4.98 Å². The van der Waals surface area contributed by atoms with Gasteiger partial charge in [0.25, 0.3) is 0 Å². The Bertz CT molecular complexity index is 729. The third kappa shape index (κ3) is 6.71. The lowest BCUT2D eigenvalue weighted by Crippen LogP contribution is -2.36. The molecule has 0 amide bonds. The maximum absolute atomic E-state index is 12.1. The van der Waals surface area contributed by atoms with Gasteiger partial charge in [0.15, 0.2) is 5.96 Å². The molecule has 0 spiro atoms. The molecule has 142 valence electrons. The van der Waals surface area contributed by atoms with Crippen molar-refractivity contribution < 1.29 is 17.9 Å². The molecule has 1 aromatic heterocycles. The number of benzene rings is 1. The number of alkyl halides is 3. The summed E-state index contributed by atoms with van der Waals surface area (Å²) in [6.45, 7) is -0.423. The highest BCUT2D eigenvalue weighted by atomic mass is 19.4. The number of nitrogens with zero attached hydrogens (tertiary/aromatic N) is 4. The van der Waals surface area contributed by atoms with Gasteiger partial charge in [0.2, 0.25) is 0 Å². The Balaban J connectivity index is 1.82. The number of halogens is 3. The smallest absolute Gasteiger partial charge is 0.367 e. The van der Waals surface area contributed by atoms with Crippen LogP contribution in [-0.4, -0.2) is 40.6 Å². The summed E-state index contributed by atoms with van der Waals surface area (Å²) < 4.78 is 42.7. The molecule has 1 heterocycles. The molecular weight excluding hydrogens is 349 g/mol. The van der Waals surface area contributed by atoms with E-state index in [0.717, 1.165) is 11.4 Å². The molecule has 0 fully saturated rings. The minimum absolute atomic E-state index is 0.0908. The molecule has 0 bridgehead atoms. The summed E-state index contributed by atoms with van der Waals surface area (Å²) in [7, 11) is 3.44. The van der Waals surface area contributed by atoms with Crippen LogP contribution in [-0.2, 0) is 31.5 Å². The summed E-state index contributed by atoms with van der Waals surface area (Å²) in [5.41, 5.74) is 1.58. The van der Waals surface area contributed by atoms with Gasteiger partial charge >= 0.3 is 6.18 Å². The van der Waals surface area contributed by atoms with Gasteiger partial charge in [-0.1, -0.05) is 24.3 Å². The van der Waals surface area contributed by atoms with Crippen molar-refractivity contribution in [3.05, 3.63) is 47.5 Å². The van der Waals surface area contributed by atoms with Crippen molar-refractivity contribution in [3.8, 4) is 0 Å². The maximum Gasteiger partial charge on any atom is 0.411 e. The second-order valence-electron chi connectivity index (χ2n) is 5.51. The van der Waals surface area contributed by atoms with Crippen LogP contribution in [0.15, 0.2) is 35.6 Å². The van der Waals surface area contributed by atoms with Crippen LogP contribution in [0.3, 0.4) is 0 Å². The van der Waals surface area contributed by atoms with Gasteiger partial charge < -0.3 is 15.4 Å². The third-order valence-electron chi connectivity index (χ3n) is 3.43. The highest BCUT2D eigenvalue weighted by molar-refractivity contribution is 5.79. The van der Waals surface area contributed by atoms with E-state index in [2.05, 4.69) is 30.4 Å². The van der Waals surface area contributed by atoms with E-state index in [-0.39, 0.29) is 6.61 Å². The standard InChI is InChI=1S/C16H21F3N6O/c1-20-15(22-8-14-23-11-24-25(14)2)21-7-12-4-3-5-13(6-12)9-26-10-16(17,18)19/h3-6,11H,7-10H2,1-2H3,(H2,20,21,22). The van der Waals surface area contributed by atoms with Crippen LogP contribution in [0, 0.1) is 0 Å². The van der Waals surface area contributed by atoms with Gasteiger partial charge in [-0.2, -0.15) is 18.3 Å². The number of aryl methyl sites for hydroxylation is 1. The molecule has 2 rings (SSSR count). The zero-order chi connectivity index (χ0) is 19.0. The van der Waals surface area contributed by atoms with Crippen LogP contribution in [0.4, 0.5) is 13.2 Å². The molecule has 26 heavy (non-hydrogen) atoms. The predicted molar refractivity (Wildman–Crippen MR) is 90.2 cm³/mol. The van der Waals surface area contributed by atoms with Gasteiger partial charge in [0.1, 0.15) is 18.8 Å². The Morgan fingerprint density at radius 2 is 1.96 bits per heavy atom. The van der Waals surface area contributed by atoms with E-state index < -0.39 is 12.8 Å². The average Bonchev–Trinajstić information content (AvgIpc) is 2.99. The van der Waals surface area contributed by atoms with Crippen molar-refractivity contribution in [2.24, 2.45) is 12.0 Å². The number of nitrogens with one attached hydrogen (secondary N) is 2. The Kier molecular flexibility index (Phi) is 6.96. The predicted octanol–water partition coefficient (Wildman–Crippen LogP) is 1.76. The van der Waals surface area contributed by atoms with E-state index in [1.165, 1.54) is 6.33 Å². The Labute approximate surface area is 149 Å². The second-order valence-corrected chi connectivity index (χ2v) is 5.51. The van der Waals surface area contributed by atoms with Crippen LogP contribution in [0.5, 0.6) is 0 Å². The highest BCUT2D eigenvalue weighted by Gasteiger charge is 2.27. The van der Waals surface area contributed by atoms with Crippen LogP contribution < -0.4 is 10.6 Å². The summed E-state index contributed by atoms with van der Waals surface area (Å²) in [6, 6.07) is 7.16. The molecule has 0 aliphatic heterocycles. The highest BCUT2D eigenvalue weighted by Crippen LogP contribution is 2.16.